The molecule has 0 aliphatic heterocycles. The van der Waals surface area contributed by atoms with Crippen molar-refractivity contribution in [1.29, 1.82) is 0 Å². The first-order valence-corrected chi connectivity index (χ1v) is 4.98. The third kappa shape index (κ3) is 3.96. The summed E-state index contributed by atoms with van der Waals surface area (Å²) in [6.45, 7) is 0.569. The van der Waals surface area contributed by atoms with Crippen LogP contribution in [0.1, 0.15) is 24.4 Å². The van der Waals surface area contributed by atoms with E-state index in [1.54, 1.807) is 19.2 Å². The largest absolute Gasteiger partial charge is 0.497 e. The van der Waals surface area contributed by atoms with Crippen molar-refractivity contribution in [3.8, 4) is 5.75 Å². The summed E-state index contributed by atoms with van der Waals surface area (Å²) in [6, 6.07) is 4.27. The molecule has 0 unspecified atom stereocenters. The van der Waals surface area contributed by atoms with Crippen LogP contribution >= 0.6 is 12.4 Å². The molecule has 92 valence electrons. The van der Waals surface area contributed by atoms with Crippen molar-refractivity contribution in [3.05, 3.63) is 29.6 Å². The van der Waals surface area contributed by atoms with Crippen molar-refractivity contribution in [3.63, 3.8) is 0 Å². The summed E-state index contributed by atoms with van der Waals surface area (Å²) in [4.78, 5) is 0. The predicted octanol–water partition coefficient (Wildman–Crippen LogP) is 1.99. The van der Waals surface area contributed by atoms with Crippen LogP contribution in [-0.2, 0) is 0 Å². The zero-order chi connectivity index (χ0) is 11.3. The average molecular weight is 249 g/mol. The Bertz CT molecular complexity index is 323. The van der Waals surface area contributed by atoms with E-state index in [9.17, 15) is 4.39 Å². The van der Waals surface area contributed by atoms with Crippen LogP contribution in [0.25, 0.3) is 0 Å². The number of benzene rings is 1. The van der Waals surface area contributed by atoms with Gasteiger partial charge in [-0.1, -0.05) is 0 Å². The summed E-state index contributed by atoms with van der Waals surface area (Å²) in [5.74, 6) is 0.329. The second-order valence-corrected chi connectivity index (χ2v) is 3.42. The molecular formula is C11H18ClFN2O. The lowest BCUT2D eigenvalue weighted by Crippen LogP contribution is -2.14. The fraction of sp³-hybridized carbons (Fsp3) is 0.455. The van der Waals surface area contributed by atoms with Crippen molar-refractivity contribution in [1.82, 2.24) is 0 Å². The Hall–Kier alpha value is -0.840. The quantitative estimate of drug-likeness (QED) is 0.838. The van der Waals surface area contributed by atoms with Crippen LogP contribution < -0.4 is 16.2 Å². The minimum atomic E-state index is -0.316. The van der Waals surface area contributed by atoms with E-state index < -0.39 is 0 Å². The maximum Gasteiger partial charge on any atom is 0.128 e. The average Bonchev–Trinajstić information content (AvgIpc) is 2.26. The molecule has 0 aliphatic rings. The first-order valence-electron chi connectivity index (χ1n) is 4.98. The lowest BCUT2D eigenvalue weighted by molar-refractivity contribution is 0.411. The molecule has 0 heterocycles. The van der Waals surface area contributed by atoms with E-state index in [2.05, 4.69) is 0 Å². The molecule has 0 fully saturated rings. The van der Waals surface area contributed by atoms with Gasteiger partial charge in [-0.25, -0.2) is 4.39 Å². The van der Waals surface area contributed by atoms with Gasteiger partial charge in [0, 0.05) is 11.6 Å². The van der Waals surface area contributed by atoms with E-state index in [1.807, 2.05) is 0 Å². The van der Waals surface area contributed by atoms with Gasteiger partial charge in [0.2, 0.25) is 0 Å². The lowest BCUT2D eigenvalue weighted by atomic mass is 10.0. The molecule has 16 heavy (non-hydrogen) atoms. The van der Waals surface area contributed by atoms with E-state index in [0.717, 1.165) is 6.42 Å². The van der Waals surface area contributed by atoms with Gasteiger partial charge in [0.15, 0.2) is 0 Å². The van der Waals surface area contributed by atoms with Crippen molar-refractivity contribution >= 4 is 12.4 Å². The molecule has 0 amide bonds. The number of halogens is 2. The van der Waals surface area contributed by atoms with Gasteiger partial charge in [0.05, 0.1) is 7.11 Å². The SMILES string of the molecule is COc1ccc(F)c([C@H](N)CCCN)c1.Cl. The molecule has 3 nitrogen and oxygen atoms in total. The summed E-state index contributed by atoms with van der Waals surface area (Å²) in [5, 5.41) is 0. The molecule has 0 saturated carbocycles. The van der Waals surface area contributed by atoms with Crippen molar-refractivity contribution in [2.45, 2.75) is 18.9 Å². The molecular weight excluding hydrogens is 231 g/mol. The minimum Gasteiger partial charge on any atom is -0.497 e. The maximum absolute atomic E-state index is 13.4. The monoisotopic (exact) mass is 248 g/mol. The van der Waals surface area contributed by atoms with Gasteiger partial charge in [-0.2, -0.15) is 0 Å². The highest BCUT2D eigenvalue weighted by molar-refractivity contribution is 5.85. The van der Waals surface area contributed by atoms with Crippen LogP contribution in [0.2, 0.25) is 0 Å². The molecule has 0 bridgehead atoms. The van der Waals surface area contributed by atoms with Gasteiger partial charge >= 0.3 is 0 Å². The number of hydrogen-bond acceptors (Lipinski definition) is 3. The Balaban J connectivity index is 0.00000225. The van der Waals surface area contributed by atoms with Gasteiger partial charge in [0.25, 0.3) is 0 Å². The van der Waals surface area contributed by atoms with Crippen LogP contribution in [0.4, 0.5) is 4.39 Å². The molecule has 1 atom stereocenters. The summed E-state index contributed by atoms with van der Waals surface area (Å²) >= 11 is 0. The standard InChI is InChI=1S/C11H17FN2O.ClH/c1-15-8-4-5-10(12)9(7-8)11(14)3-2-6-13;/h4-5,7,11H,2-3,6,13-14H2,1H3;1H/t11-;/m1./s1. The van der Waals surface area contributed by atoms with Crippen LogP contribution in [0.3, 0.4) is 0 Å². The Labute approximate surface area is 101 Å². The highest BCUT2D eigenvalue weighted by Crippen LogP contribution is 2.23. The van der Waals surface area contributed by atoms with Gasteiger partial charge in [-0.05, 0) is 37.6 Å². The summed E-state index contributed by atoms with van der Waals surface area (Å²) in [5.41, 5.74) is 11.7. The fourth-order valence-electron chi connectivity index (χ4n) is 1.43. The molecule has 1 aromatic rings. The molecule has 5 heteroatoms. The van der Waals surface area contributed by atoms with E-state index in [-0.39, 0.29) is 24.3 Å². The first kappa shape index (κ1) is 15.2. The van der Waals surface area contributed by atoms with Crippen LogP contribution in [0, 0.1) is 5.82 Å². The number of methoxy groups -OCH3 is 1. The normalized spacial score (nSPS) is 11.8. The number of hydrogen-bond donors (Lipinski definition) is 2. The van der Waals surface area contributed by atoms with E-state index >= 15 is 0 Å². The zero-order valence-corrected chi connectivity index (χ0v) is 10.1. The molecule has 0 saturated heterocycles. The molecule has 0 spiro atoms. The Morgan fingerprint density at radius 3 is 2.69 bits per heavy atom. The van der Waals surface area contributed by atoms with Gasteiger partial charge in [0.1, 0.15) is 11.6 Å². The Morgan fingerprint density at radius 2 is 2.12 bits per heavy atom. The van der Waals surface area contributed by atoms with E-state index in [1.165, 1.54) is 6.07 Å². The lowest BCUT2D eigenvalue weighted by Gasteiger charge is -2.13. The van der Waals surface area contributed by atoms with E-state index in [0.29, 0.717) is 24.3 Å². The zero-order valence-electron chi connectivity index (χ0n) is 9.28. The highest BCUT2D eigenvalue weighted by Gasteiger charge is 2.11. The summed E-state index contributed by atoms with van der Waals surface area (Å²) in [6.07, 6.45) is 1.47. The molecule has 4 N–H and O–H groups in total. The number of rotatable bonds is 5. The molecule has 0 radical (unpaired) electrons. The third-order valence-corrected chi connectivity index (χ3v) is 2.32. The smallest absolute Gasteiger partial charge is 0.128 e. The molecule has 0 aliphatic carbocycles. The van der Waals surface area contributed by atoms with Crippen LogP contribution in [-0.4, -0.2) is 13.7 Å². The van der Waals surface area contributed by atoms with Crippen LogP contribution in [0.5, 0.6) is 5.75 Å². The molecule has 1 aromatic carbocycles. The number of nitrogens with two attached hydrogens (primary N) is 2. The highest BCUT2D eigenvalue weighted by atomic mass is 35.5. The van der Waals surface area contributed by atoms with Crippen molar-refractivity contribution in [2.75, 3.05) is 13.7 Å². The van der Waals surface area contributed by atoms with Crippen molar-refractivity contribution < 1.29 is 9.13 Å². The maximum atomic E-state index is 13.4. The fourth-order valence-corrected chi connectivity index (χ4v) is 1.43. The van der Waals surface area contributed by atoms with Gasteiger partial charge < -0.3 is 16.2 Å². The summed E-state index contributed by atoms with van der Waals surface area (Å²) in [7, 11) is 1.54. The van der Waals surface area contributed by atoms with Gasteiger partial charge in [-0.3, -0.25) is 0 Å². The number of ether oxygens (including phenoxy) is 1. The van der Waals surface area contributed by atoms with Crippen molar-refractivity contribution in [2.24, 2.45) is 11.5 Å². The topological polar surface area (TPSA) is 61.3 Å². The first-order chi connectivity index (χ1) is 7.19. The summed E-state index contributed by atoms with van der Waals surface area (Å²) < 4.78 is 18.4. The second kappa shape index (κ2) is 7.44. The third-order valence-electron chi connectivity index (χ3n) is 2.32. The Morgan fingerprint density at radius 1 is 1.44 bits per heavy atom. The molecule has 0 aromatic heterocycles. The second-order valence-electron chi connectivity index (χ2n) is 3.42. The predicted molar refractivity (Wildman–Crippen MR) is 65.4 cm³/mol. The molecule has 1 rings (SSSR count). The van der Waals surface area contributed by atoms with Gasteiger partial charge in [-0.15, -0.1) is 12.4 Å². The minimum absolute atomic E-state index is 0. The van der Waals surface area contributed by atoms with Crippen LogP contribution in [0.15, 0.2) is 18.2 Å². The Kier molecular flexibility index (Phi) is 7.05. The van der Waals surface area contributed by atoms with E-state index in [4.69, 9.17) is 16.2 Å².